The van der Waals surface area contributed by atoms with Gasteiger partial charge in [-0.2, -0.15) is 0 Å². The minimum absolute atomic E-state index is 0.333. The van der Waals surface area contributed by atoms with Crippen LogP contribution in [0.25, 0.3) is 5.52 Å². The summed E-state index contributed by atoms with van der Waals surface area (Å²) in [5.74, 6) is -0.400. The Morgan fingerprint density at radius 2 is 2.38 bits per heavy atom. The number of carbonyl (C=O) groups is 1. The van der Waals surface area contributed by atoms with E-state index in [2.05, 4.69) is 9.97 Å². The highest BCUT2D eigenvalue weighted by Gasteiger charge is 2.15. The molecule has 16 heavy (non-hydrogen) atoms. The van der Waals surface area contributed by atoms with Gasteiger partial charge in [-0.3, -0.25) is 4.40 Å². The molecule has 2 aromatic rings. The number of esters is 1. The van der Waals surface area contributed by atoms with Crippen LogP contribution in [-0.2, 0) is 4.74 Å². The van der Waals surface area contributed by atoms with E-state index < -0.39 is 5.97 Å². The summed E-state index contributed by atoms with van der Waals surface area (Å²) in [6.45, 7) is 2.11. The van der Waals surface area contributed by atoms with Crippen molar-refractivity contribution in [1.29, 1.82) is 0 Å². The maximum Gasteiger partial charge on any atom is 0.359 e. The molecule has 6 heteroatoms. The van der Waals surface area contributed by atoms with Crippen molar-refractivity contribution in [3.8, 4) is 0 Å². The van der Waals surface area contributed by atoms with Gasteiger partial charge in [0.05, 0.1) is 12.1 Å². The van der Waals surface area contributed by atoms with Gasteiger partial charge < -0.3 is 4.74 Å². The fourth-order valence-corrected chi connectivity index (χ4v) is 1.92. The van der Waals surface area contributed by atoms with Gasteiger partial charge in [-0.1, -0.05) is 11.8 Å². The molecule has 0 amide bonds. The molecule has 84 valence electrons. The maximum absolute atomic E-state index is 11.6. The van der Waals surface area contributed by atoms with E-state index in [0.717, 1.165) is 10.7 Å². The second-order valence-electron chi connectivity index (χ2n) is 3.00. The Balaban J connectivity index is 2.53. The number of fused-ring (bicyclic) bond motifs is 1. The highest BCUT2D eigenvalue weighted by molar-refractivity contribution is 7.98. The van der Waals surface area contributed by atoms with Gasteiger partial charge in [0.25, 0.3) is 0 Å². The number of aromatic nitrogens is 3. The van der Waals surface area contributed by atoms with Gasteiger partial charge in [0.15, 0.2) is 10.9 Å². The number of thioether (sulfide) groups is 1. The number of nitrogens with zero attached hydrogens (tertiary/aromatic N) is 3. The standard InChI is InChI=1S/C10H11N3O2S/c1-3-15-9(14)8-7-4-5-11-10(16-2)13(7)6-12-8/h4-6H,3H2,1-2H3. The van der Waals surface area contributed by atoms with Crippen LogP contribution >= 0.6 is 11.8 Å². The molecule has 0 aliphatic rings. The van der Waals surface area contributed by atoms with Gasteiger partial charge in [-0.05, 0) is 19.2 Å². The van der Waals surface area contributed by atoms with Crippen LogP contribution in [0.1, 0.15) is 17.4 Å². The first-order valence-electron chi connectivity index (χ1n) is 4.81. The SMILES string of the molecule is CCOC(=O)c1ncn2c(SC)nccc12. The molecule has 0 saturated carbocycles. The summed E-state index contributed by atoms with van der Waals surface area (Å²) >= 11 is 1.50. The number of carbonyl (C=O) groups excluding carboxylic acids is 1. The van der Waals surface area contributed by atoms with Crippen LogP contribution in [-0.4, -0.2) is 33.2 Å². The lowest BCUT2D eigenvalue weighted by Gasteiger charge is -2.01. The average molecular weight is 237 g/mol. The van der Waals surface area contributed by atoms with Crippen molar-refractivity contribution in [2.75, 3.05) is 12.9 Å². The lowest BCUT2D eigenvalue weighted by molar-refractivity contribution is 0.0522. The highest BCUT2D eigenvalue weighted by atomic mass is 32.2. The second-order valence-corrected chi connectivity index (χ2v) is 3.77. The summed E-state index contributed by atoms with van der Waals surface area (Å²) in [6.07, 6.45) is 5.16. The molecule has 0 spiro atoms. The Morgan fingerprint density at radius 3 is 3.06 bits per heavy atom. The van der Waals surface area contributed by atoms with Gasteiger partial charge in [0.2, 0.25) is 0 Å². The largest absolute Gasteiger partial charge is 0.461 e. The topological polar surface area (TPSA) is 56.5 Å². The first kappa shape index (κ1) is 10.9. The molecule has 5 nitrogen and oxygen atoms in total. The summed E-state index contributed by atoms with van der Waals surface area (Å²) in [4.78, 5) is 19.8. The molecule has 0 unspecified atom stereocenters. The van der Waals surface area contributed by atoms with Crippen molar-refractivity contribution in [2.24, 2.45) is 0 Å². The summed E-state index contributed by atoms with van der Waals surface area (Å²) in [5.41, 5.74) is 1.05. The first-order valence-corrected chi connectivity index (χ1v) is 6.03. The molecule has 0 N–H and O–H groups in total. The van der Waals surface area contributed by atoms with Gasteiger partial charge in [0, 0.05) is 6.20 Å². The third-order valence-corrected chi connectivity index (χ3v) is 2.75. The quantitative estimate of drug-likeness (QED) is 0.461. The second kappa shape index (κ2) is 4.52. The Kier molecular flexibility index (Phi) is 3.09. The molecule has 2 aromatic heterocycles. The van der Waals surface area contributed by atoms with E-state index in [1.54, 1.807) is 29.9 Å². The van der Waals surface area contributed by atoms with Crippen molar-refractivity contribution < 1.29 is 9.53 Å². The zero-order valence-electron chi connectivity index (χ0n) is 9.01. The molecule has 2 rings (SSSR count). The lowest BCUT2D eigenvalue weighted by atomic mass is 10.3. The van der Waals surface area contributed by atoms with E-state index in [0.29, 0.717) is 12.3 Å². The predicted octanol–water partition coefficient (Wildman–Crippen LogP) is 1.63. The molecular formula is C10H11N3O2S. The minimum Gasteiger partial charge on any atom is -0.461 e. The number of ether oxygens (including phenoxy) is 1. The molecular weight excluding hydrogens is 226 g/mol. The molecule has 0 saturated heterocycles. The summed E-state index contributed by atoms with van der Waals surface area (Å²) in [5, 5.41) is 0.792. The minimum atomic E-state index is -0.400. The van der Waals surface area contributed by atoms with Crippen LogP contribution in [0.5, 0.6) is 0 Å². The Bertz CT molecular complexity index is 524. The maximum atomic E-state index is 11.6. The molecule has 0 aliphatic heterocycles. The summed E-state index contributed by atoms with van der Waals surface area (Å²) < 4.78 is 6.70. The van der Waals surface area contributed by atoms with Crippen LogP contribution in [0.3, 0.4) is 0 Å². The zero-order valence-corrected chi connectivity index (χ0v) is 9.82. The van der Waals surface area contributed by atoms with Gasteiger partial charge in [-0.25, -0.2) is 14.8 Å². The van der Waals surface area contributed by atoms with E-state index >= 15 is 0 Å². The van der Waals surface area contributed by atoms with Crippen LogP contribution in [0.15, 0.2) is 23.7 Å². The van der Waals surface area contributed by atoms with Gasteiger partial charge in [-0.15, -0.1) is 0 Å². The molecule has 0 aromatic carbocycles. The smallest absolute Gasteiger partial charge is 0.359 e. The Hall–Kier alpha value is -1.56. The van der Waals surface area contributed by atoms with Crippen molar-refractivity contribution in [1.82, 2.24) is 14.4 Å². The third-order valence-electron chi connectivity index (χ3n) is 2.08. The summed E-state index contributed by atoms with van der Waals surface area (Å²) in [6, 6.07) is 1.75. The van der Waals surface area contributed by atoms with Gasteiger partial charge >= 0.3 is 5.97 Å². The Morgan fingerprint density at radius 1 is 1.56 bits per heavy atom. The van der Waals surface area contributed by atoms with E-state index in [9.17, 15) is 4.79 Å². The van der Waals surface area contributed by atoms with Crippen LogP contribution in [0, 0.1) is 0 Å². The Labute approximate surface area is 96.8 Å². The van der Waals surface area contributed by atoms with Crippen molar-refractivity contribution in [3.05, 3.63) is 24.3 Å². The summed E-state index contributed by atoms with van der Waals surface area (Å²) in [7, 11) is 0. The van der Waals surface area contributed by atoms with Crippen molar-refractivity contribution in [3.63, 3.8) is 0 Å². The number of hydrogen-bond donors (Lipinski definition) is 0. The zero-order chi connectivity index (χ0) is 11.5. The van der Waals surface area contributed by atoms with Crippen molar-refractivity contribution >= 4 is 23.2 Å². The fraction of sp³-hybridized carbons (Fsp3) is 0.300. The number of hydrogen-bond acceptors (Lipinski definition) is 5. The average Bonchev–Trinajstić information content (AvgIpc) is 2.72. The molecule has 0 atom stereocenters. The van der Waals surface area contributed by atoms with E-state index in [-0.39, 0.29) is 0 Å². The van der Waals surface area contributed by atoms with E-state index in [1.807, 2.05) is 6.26 Å². The molecule has 0 aliphatic carbocycles. The van der Waals surface area contributed by atoms with E-state index in [4.69, 9.17) is 4.74 Å². The number of imidazole rings is 1. The molecule has 0 fully saturated rings. The van der Waals surface area contributed by atoms with Crippen LogP contribution in [0.2, 0.25) is 0 Å². The predicted molar refractivity (Wildman–Crippen MR) is 60.7 cm³/mol. The molecule has 0 bridgehead atoms. The fourth-order valence-electron chi connectivity index (χ4n) is 1.41. The highest BCUT2D eigenvalue weighted by Crippen LogP contribution is 2.17. The normalized spacial score (nSPS) is 10.6. The van der Waals surface area contributed by atoms with E-state index in [1.165, 1.54) is 11.8 Å². The van der Waals surface area contributed by atoms with Crippen molar-refractivity contribution in [2.45, 2.75) is 12.1 Å². The lowest BCUT2D eigenvalue weighted by Crippen LogP contribution is -2.05. The first-order chi connectivity index (χ1) is 7.77. The number of rotatable bonds is 3. The van der Waals surface area contributed by atoms with Gasteiger partial charge in [0.1, 0.15) is 6.33 Å². The third kappa shape index (κ3) is 1.76. The van der Waals surface area contributed by atoms with Crippen LogP contribution in [0.4, 0.5) is 0 Å². The van der Waals surface area contributed by atoms with Crippen LogP contribution < -0.4 is 0 Å². The molecule has 0 radical (unpaired) electrons. The monoisotopic (exact) mass is 237 g/mol. The molecule has 2 heterocycles.